The third-order valence-electron chi connectivity index (χ3n) is 5.16. The van der Waals surface area contributed by atoms with Gasteiger partial charge in [-0.1, -0.05) is 54.6 Å². The van der Waals surface area contributed by atoms with Gasteiger partial charge < -0.3 is 14.2 Å². The highest BCUT2D eigenvalue weighted by molar-refractivity contribution is 5.95. The Labute approximate surface area is 192 Å². The first kappa shape index (κ1) is 21.9. The number of hydrazone groups is 1. The van der Waals surface area contributed by atoms with Crippen molar-refractivity contribution in [3.05, 3.63) is 102 Å². The summed E-state index contributed by atoms with van der Waals surface area (Å²) in [5.41, 5.74) is 4.86. The maximum Gasteiger partial charge on any atom is 0.271 e. The average Bonchev–Trinajstić information content (AvgIpc) is 2.87. The molecule has 0 heterocycles. The standard InChI is InChI=1S/C27H24N2O4/c1-31-25-14-13-21(16-26(25)32-2)27(30)29-28-17-19-7-5-11-23(15-19)33-18-22-10-6-9-20-8-3-4-12-24(20)22/h3-17H,18H2,1-2H3,(H,29,30). The monoisotopic (exact) mass is 440 g/mol. The first-order valence-electron chi connectivity index (χ1n) is 10.4. The van der Waals surface area contributed by atoms with Gasteiger partial charge in [0.05, 0.1) is 20.4 Å². The van der Waals surface area contributed by atoms with Crippen molar-refractivity contribution in [1.29, 1.82) is 0 Å². The van der Waals surface area contributed by atoms with E-state index in [-0.39, 0.29) is 5.91 Å². The molecule has 33 heavy (non-hydrogen) atoms. The van der Waals surface area contributed by atoms with Gasteiger partial charge in [-0.15, -0.1) is 0 Å². The van der Waals surface area contributed by atoms with E-state index < -0.39 is 0 Å². The van der Waals surface area contributed by atoms with E-state index in [0.29, 0.717) is 23.7 Å². The average molecular weight is 440 g/mol. The van der Waals surface area contributed by atoms with Crippen LogP contribution in [0.4, 0.5) is 0 Å². The molecular formula is C27H24N2O4. The zero-order chi connectivity index (χ0) is 23.0. The van der Waals surface area contributed by atoms with Gasteiger partial charge in [-0.25, -0.2) is 5.43 Å². The molecule has 0 bridgehead atoms. The minimum absolute atomic E-state index is 0.351. The van der Waals surface area contributed by atoms with Crippen LogP contribution in [0.15, 0.2) is 90.0 Å². The quantitative estimate of drug-likeness (QED) is 0.302. The van der Waals surface area contributed by atoms with Crippen molar-refractivity contribution >= 4 is 22.9 Å². The molecule has 6 nitrogen and oxygen atoms in total. The van der Waals surface area contributed by atoms with Crippen LogP contribution in [0.2, 0.25) is 0 Å². The van der Waals surface area contributed by atoms with Crippen molar-refractivity contribution in [2.24, 2.45) is 5.10 Å². The topological polar surface area (TPSA) is 69.2 Å². The third kappa shape index (κ3) is 5.30. The molecule has 0 spiro atoms. The maximum absolute atomic E-state index is 12.4. The summed E-state index contributed by atoms with van der Waals surface area (Å²) in [6.45, 7) is 0.456. The number of benzene rings is 4. The number of hydrogen-bond acceptors (Lipinski definition) is 5. The summed E-state index contributed by atoms with van der Waals surface area (Å²) in [5.74, 6) is 1.40. The lowest BCUT2D eigenvalue weighted by Gasteiger charge is -2.10. The molecule has 1 N–H and O–H groups in total. The van der Waals surface area contributed by atoms with Gasteiger partial charge >= 0.3 is 0 Å². The van der Waals surface area contributed by atoms with Crippen molar-refractivity contribution in [2.75, 3.05) is 14.2 Å². The lowest BCUT2D eigenvalue weighted by molar-refractivity contribution is 0.0954. The highest BCUT2D eigenvalue weighted by Gasteiger charge is 2.10. The molecule has 0 fully saturated rings. The van der Waals surface area contributed by atoms with Crippen LogP contribution in [0.25, 0.3) is 10.8 Å². The smallest absolute Gasteiger partial charge is 0.271 e. The van der Waals surface area contributed by atoms with Crippen LogP contribution in [-0.4, -0.2) is 26.3 Å². The summed E-state index contributed by atoms with van der Waals surface area (Å²) < 4.78 is 16.4. The van der Waals surface area contributed by atoms with Gasteiger partial charge in [0.2, 0.25) is 0 Å². The fraction of sp³-hybridized carbons (Fsp3) is 0.111. The van der Waals surface area contributed by atoms with Gasteiger partial charge in [-0.2, -0.15) is 5.10 Å². The first-order chi connectivity index (χ1) is 16.2. The minimum Gasteiger partial charge on any atom is -0.493 e. The van der Waals surface area contributed by atoms with Crippen LogP contribution in [0, 0.1) is 0 Å². The summed E-state index contributed by atoms with van der Waals surface area (Å²) >= 11 is 0. The molecule has 0 radical (unpaired) electrons. The molecule has 166 valence electrons. The van der Waals surface area contributed by atoms with E-state index in [2.05, 4.69) is 34.8 Å². The largest absolute Gasteiger partial charge is 0.493 e. The molecule has 0 aliphatic rings. The highest BCUT2D eigenvalue weighted by Crippen LogP contribution is 2.27. The van der Waals surface area contributed by atoms with Crippen molar-refractivity contribution < 1.29 is 19.0 Å². The Morgan fingerprint density at radius 2 is 1.67 bits per heavy atom. The van der Waals surface area contributed by atoms with Gasteiger partial charge in [-0.05, 0) is 52.2 Å². The number of hydrogen-bond donors (Lipinski definition) is 1. The summed E-state index contributed by atoms with van der Waals surface area (Å²) in [6.07, 6.45) is 1.57. The first-order valence-corrected chi connectivity index (χ1v) is 10.4. The van der Waals surface area contributed by atoms with Crippen molar-refractivity contribution in [2.45, 2.75) is 6.61 Å². The van der Waals surface area contributed by atoms with Crippen molar-refractivity contribution in [3.63, 3.8) is 0 Å². The summed E-state index contributed by atoms with van der Waals surface area (Å²) in [6, 6.07) is 26.9. The second-order valence-electron chi connectivity index (χ2n) is 7.27. The van der Waals surface area contributed by atoms with Gasteiger partial charge in [0.25, 0.3) is 5.91 Å². The molecule has 0 unspecified atom stereocenters. The van der Waals surface area contributed by atoms with Gasteiger partial charge in [0.1, 0.15) is 12.4 Å². The fourth-order valence-corrected chi connectivity index (χ4v) is 3.47. The number of amides is 1. The van der Waals surface area contributed by atoms with Crippen LogP contribution < -0.4 is 19.6 Å². The maximum atomic E-state index is 12.4. The van der Waals surface area contributed by atoms with Gasteiger partial charge in [-0.3, -0.25) is 4.79 Å². The number of fused-ring (bicyclic) bond motifs is 1. The highest BCUT2D eigenvalue weighted by atomic mass is 16.5. The van der Waals surface area contributed by atoms with E-state index in [0.717, 1.165) is 16.9 Å². The predicted molar refractivity (Wildman–Crippen MR) is 129 cm³/mol. The lowest BCUT2D eigenvalue weighted by atomic mass is 10.1. The molecule has 0 aromatic heterocycles. The van der Waals surface area contributed by atoms with Gasteiger partial charge in [0, 0.05) is 5.56 Å². The molecule has 0 atom stereocenters. The molecule has 0 saturated heterocycles. The minimum atomic E-state index is -0.351. The number of carbonyl (C=O) groups excluding carboxylic acids is 1. The Hall–Kier alpha value is -4.32. The number of ether oxygens (including phenoxy) is 3. The van der Waals surface area contributed by atoms with Crippen LogP contribution in [0.5, 0.6) is 17.2 Å². The van der Waals surface area contributed by atoms with Crippen molar-refractivity contribution in [3.8, 4) is 17.2 Å². The second kappa shape index (κ2) is 10.3. The molecule has 0 aliphatic heterocycles. The lowest BCUT2D eigenvalue weighted by Crippen LogP contribution is -2.17. The number of carbonyl (C=O) groups is 1. The number of nitrogens with zero attached hydrogens (tertiary/aromatic N) is 1. The molecular weight excluding hydrogens is 416 g/mol. The van der Waals surface area contributed by atoms with Crippen LogP contribution in [0.3, 0.4) is 0 Å². The molecule has 4 aromatic carbocycles. The SMILES string of the molecule is COc1ccc(C(=O)NN=Cc2cccc(OCc3cccc4ccccc34)c2)cc1OC. The molecule has 1 amide bonds. The van der Waals surface area contributed by atoms with E-state index in [1.807, 2.05) is 42.5 Å². The van der Waals surface area contributed by atoms with Crippen LogP contribution in [-0.2, 0) is 6.61 Å². The second-order valence-corrected chi connectivity index (χ2v) is 7.27. The van der Waals surface area contributed by atoms with E-state index in [1.165, 1.54) is 17.9 Å². The molecule has 4 rings (SSSR count). The van der Waals surface area contributed by atoms with E-state index in [4.69, 9.17) is 14.2 Å². The Morgan fingerprint density at radius 1 is 0.879 bits per heavy atom. The summed E-state index contributed by atoms with van der Waals surface area (Å²) in [5, 5.41) is 6.43. The molecule has 0 saturated carbocycles. The van der Waals surface area contributed by atoms with Crippen molar-refractivity contribution in [1.82, 2.24) is 5.43 Å². The number of methoxy groups -OCH3 is 2. The summed E-state index contributed by atoms with van der Waals surface area (Å²) in [7, 11) is 3.06. The Morgan fingerprint density at radius 3 is 2.52 bits per heavy atom. The zero-order valence-corrected chi connectivity index (χ0v) is 18.4. The Kier molecular flexibility index (Phi) is 6.85. The summed E-state index contributed by atoms with van der Waals surface area (Å²) in [4.78, 5) is 12.4. The van der Waals surface area contributed by atoms with E-state index >= 15 is 0 Å². The Bertz CT molecular complexity index is 1300. The molecule has 6 heteroatoms. The third-order valence-corrected chi connectivity index (χ3v) is 5.16. The van der Waals surface area contributed by atoms with E-state index in [9.17, 15) is 4.79 Å². The Balaban J connectivity index is 1.39. The predicted octanol–water partition coefficient (Wildman–Crippen LogP) is 5.20. The molecule has 0 aliphatic carbocycles. The zero-order valence-electron chi connectivity index (χ0n) is 18.4. The van der Waals surface area contributed by atoms with Crippen LogP contribution >= 0.6 is 0 Å². The number of rotatable bonds is 8. The van der Waals surface area contributed by atoms with Gasteiger partial charge in [0.15, 0.2) is 11.5 Å². The fourth-order valence-electron chi connectivity index (χ4n) is 3.47. The van der Waals surface area contributed by atoms with Crippen LogP contribution in [0.1, 0.15) is 21.5 Å². The normalized spacial score (nSPS) is 10.8. The number of nitrogens with one attached hydrogen (secondary N) is 1. The molecule has 4 aromatic rings. The van der Waals surface area contributed by atoms with E-state index in [1.54, 1.807) is 31.5 Å².